The van der Waals surface area contributed by atoms with Crippen LogP contribution in [0.25, 0.3) is 0 Å². The maximum absolute atomic E-state index is 11.9. The fourth-order valence-electron chi connectivity index (χ4n) is 4.24. The SMILES string of the molecule is O[C@@H]([C@H](O)C(O)(c1ccccc1)c1ccccc1)C(O)(c1ccccc1)c1ccccc1. The predicted octanol–water partition coefficient (Wildman–Crippen LogP) is 3.58. The smallest absolute Gasteiger partial charge is 0.143 e. The molecule has 2 atom stereocenters. The van der Waals surface area contributed by atoms with Gasteiger partial charge in [-0.2, -0.15) is 0 Å². The summed E-state index contributed by atoms with van der Waals surface area (Å²) >= 11 is 0. The van der Waals surface area contributed by atoms with Crippen molar-refractivity contribution in [3.63, 3.8) is 0 Å². The van der Waals surface area contributed by atoms with Crippen molar-refractivity contribution in [3.8, 4) is 0 Å². The van der Waals surface area contributed by atoms with Gasteiger partial charge in [-0.1, -0.05) is 121 Å². The van der Waals surface area contributed by atoms with E-state index in [1.54, 1.807) is 97.1 Å². The van der Waals surface area contributed by atoms with Crippen LogP contribution in [0, 0.1) is 0 Å². The van der Waals surface area contributed by atoms with Crippen LogP contribution in [-0.2, 0) is 11.2 Å². The second-order valence-corrected chi connectivity index (χ2v) is 7.89. The van der Waals surface area contributed by atoms with E-state index in [2.05, 4.69) is 0 Å². The molecule has 0 saturated carbocycles. The Morgan fingerprint density at radius 1 is 0.375 bits per heavy atom. The normalized spacial score (nSPS) is 14.0. The first kappa shape index (κ1) is 21.9. The molecule has 4 aromatic carbocycles. The fraction of sp³-hybridized carbons (Fsp3) is 0.143. The Kier molecular flexibility index (Phi) is 6.21. The van der Waals surface area contributed by atoms with Gasteiger partial charge >= 0.3 is 0 Å². The number of hydrogen-bond acceptors (Lipinski definition) is 4. The van der Waals surface area contributed by atoms with Gasteiger partial charge in [0.25, 0.3) is 0 Å². The van der Waals surface area contributed by atoms with Crippen molar-refractivity contribution in [2.45, 2.75) is 23.4 Å². The molecule has 0 aromatic heterocycles. The van der Waals surface area contributed by atoms with Crippen LogP contribution in [0.3, 0.4) is 0 Å². The minimum atomic E-state index is -1.97. The van der Waals surface area contributed by atoms with Gasteiger partial charge in [0.05, 0.1) is 0 Å². The Morgan fingerprint density at radius 3 is 0.750 bits per heavy atom. The minimum Gasteiger partial charge on any atom is -0.387 e. The Labute approximate surface area is 187 Å². The van der Waals surface area contributed by atoms with Gasteiger partial charge in [-0.15, -0.1) is 0 Å². The van der Waals surface area contributed by atoms with Crippen LogP contribution in [0.5, 0.6) is 0 Å². The van der Waals surface area contributed by atoms with Crippen molar-refractivity contribution >= 4 is 0 Å². The van der Waals surface area contributed by atoms with Crippen molar-refractivity contribution < 1.29 is 20.4 Å². The average molecular weight is 427 g/mol. The van der Waals surface area contributed by atoms with Gasteiger partial charge in [0.2, 0.25) is 0 Å². The highest BCUT2D eigenvalue weighted by Gasteiger charge is 2.51. The third kappa shape index (κ3) is 3.74. The van der Waals surface area contributed by atoms with Crippen molar-refractivity contribution in [1.82, 2.24) is 0 Å². The predicted molar refractivity (Wildman–Crippen MR) is 124 cm³/mol. The van der Waals surface area contributed by atoms with Gasteiger partial charge in [-0.3, -0.25) is 0 Å². The van der Waals surface area contributed by atoms with Gasteiger partial charge in [-0.05, 0) is 22.3 Å². The third-order valence-corrected chi connectivity index (χ3v) is 6.01. The lowest BCUT2D eigenvalue weighted by Gasteiger charge is -2.43. The molecular weight excluding hydrogens is 400 g/mol. The van der Waals surface area contributed by atoms with Crippen molar-refractivity contribution in [3.05, 3.63) is 144 Å². The van der Waals surface area contributed by atoms with E-state index in [-0.39, 0.29) is 0 Å². The van der Waals surface area contributed by atoms with Crippen LogP contribution in [0.4, 0.5) is 0 Å². The molecule has 4 N–H and O–H groups in total. The van der Waals surface area contributed by atoms with Gasteiger partial charge in [-0.25, -0.2) is 0 Å². The van der Waals surface area contributed by atoms with E-state index in [0.29, 0.717) is 22.3 Å². The summed E-state index contributed by atoms with van der Waals surface area (Å²) in [6.45, 7) is 0. The molecule has 0 unspecified atom stereocenters. The Hall–Kier alpha value is -3.28. The molecule has 4 rings (SSSR count). The Balaban J connectivity index is 1.89. The van der Waals surface area contributed by atoms with Gasteiger partial charge in [0, 0.05) is 0 Å². The maximum atomic E-state index is 11.9. The largest absolute Gasteiger partial charge is 0.387 e. The summed E-state index contributed by atoms with van der Waals surface area (Å²) in [6, 6.07) is 34.8. The molecule has 0 radical (unpaired) electrons. The standard InChI is InChI=1S/C28H26O4/c29-25(27(31,21-13-5-1-6-14-21)22-15-7-2-8-16-22)26(30)28(32,23-17-9-3-10-18-23)24-19-11-4-12-20-24/h1-20,25-26,29-32H/t25-,26-/m0/s1. The monoisotopic (exact) mass is 426 g/mol. The van der Waals surface area contributed by atoms with E-state index in [9.17, 15) is 20.4 Å². The number of aliphatic hydroxyl groups excluding tert-OH is 2. The molecule has 0 fully saturated rings. The van der Waals surface area contributed by atoms with Crippen molar-refractivity contribution in [2.24, 2.45) is 0 Å². The Bertz CT molecular complexity index is 943. The van der Waals surface area contributed by atoms with Crippen LogP contribution in [0.15, 0.2) is 121 Å². The molecule has 0 aliphatic rings. The lowest BCUT2D eigenvalue weighted by molar-refractivity contribution is -0.167. The van der Waals surface area contributed by atoms with Crippen LogP contribution in [-0.4, -0.2) is 32.6 Å². The summed E-state index contributed by atoms with van der Waals surface area (Å²) in [7, 11) is 0. The fourth-order valence-corrected chi connectivity index (χ4v) is 4.24. The lowest BCUT2D eigenvalue weighted by Crippen LogP contribution is -2.56. The molecule has 4 aromatic rings. The highest BCUT2D eigenvalue weighted by Crippen LogP contribution is 2.41. The summed E-state index contributed by atoms with van der Waals surface area (Å²) in [5, 5.41) is 46.9. The van der Waals surface area contributed by atoms with E-state index in [1.165, 1.54) is 0 Å². The maximum Gasteiger partial charge on any atom is 0.143 e. The van der Waals surface area contributed by atoms with E-state index >= 15 is 0 Å². The Morgan fingerprint density at radius 2 is 0.562 bits per heavy atom. The molecule has 0 bridgehead atoms. The zero-order chi connectivity index (χ0) is 22.6. The first-order chi connectivity index (χ1) is 15.5. The molecule has 4 nitrogen and oxygen atoms in total. The second-order valence-electron chi connectivity index (χ2n) is 7.89. The number of aliphatic hydroxyl groups is 4. The molecular formula is C28H26O4. The van der Waals surface area contributed by atoms with E-state index in [1.807, 2.05) is 24.3 Å². The summed E-state index contributed by atoms with van der Waals surface area (Å²) in [5.41, 5.74) is -2.33. The molecule has 0 aliphatic carbocycles. The van der Waals surface area contributed by atoms with Crippen molar-refractivity contribution in [2.75, 3.05) is 0 Å². The zero-order valence-corrected chi connectivity index (χ0v) is 17.5. The molecule has 4 heteroatoms. The summed E-state index contributed by atoms with van der Waals surface area (Å²) < 4.78 is 0. The topological polar surface area (TPSA) is 80.9 Å². The molecule has 0 amide bonds. The molecule has 32 heavy (non-hydrogen) atoms. The highest BCUT2D eigenvalue weighted by molar-refractivity contribution is 5.42. The molecule has 0 saturated heterocycles. The van der Waals surface area contributed by atoms with E-state index < -0.39 is 23.4 Å². The summed E-state index contributed by atoms with van der Waals surface area (Å²) in [6.07, 6.45) is -3.53. The van der Waals surface area contributed by atoms with Crippen LogP contribution in [0.1, 0.15) is 22.3 Å². The second kappa shape index (κ2) is 9.07. The lowest BCUT2D eigenvalue weighted by atomic mass is 9.72. The average Bonchev–Trinajstić information content (AvgIpc) is 2.89. The van der Waals surface area contributed by atoms with Crippen LogP contribution < -0.4 is 0 Å². The first-order valence-electron chi connectivity index (χ1n) is 10.5. The minimum absolute atomic E-state index is 0.404. The van der Waals surface area contributed by atoms with Gasteiger partial charge in [0.1, 0.15) is 23.4 Å². The van der Waals surface area contributed by atoms with Gasteiger partial charge < -0.3 is 20.4 Å². The van der Waals surface area contributed by atoms with Crippen molar-refractivity contribution in [1.29, 1.82) is 0 Å². The zero-order valence-electron chi connectivity index (χ0n) is 17.5. The number of rotatable bonds is 7. The summed E-state index contributed by atoms with van der Waals surface area (Å²) in [5.74, 6) is 0. The number of benzene rings is 4. The van der Waals surface area contributed by atoms with E-state index in [4.69, 9.17) is 0 Å². The van der Waals surface area contributed by atoms with E-state index in [0.717, 1.165) is 0 Å². The first-order valence-corrected chi connectivity index (χ1v) is 10.5. The quantitative estimate of drug-likeness (QED) is 0.364. The number of hydrogen-bond donors (Lipinski definition) is 4. The molecule has 0 aliphatic heterocycles. The molecule has 0 spiro atoms. The van der Waals surface area contributed by atoms with Gasteiger partial charge in [0.15, 0.2) is 0 Å². The van der Waals surface area contributed by atoms with Crippen LogP contribution in [0.2, 0.25) is 0 Å². The third-order valence-electron chi connectivity index (χ3n) is 6.01. The molecule has 0 heterocycles. The summed E-state index contributed by atoms with van der Waals surface area (Å²) in [4.78, 5) is 0. The van der Waals surface area contributed by atoms with Crippen LogP contribution >= 0.6 is 0 Å². The molecule has 162 valence electrons. The highest BCUT2D eigenvalue weighted by atomic mass is 16.4.